The largest absolute Gasteiger partial charge is 0.326 e. The maximum atomic E-state index is 12.8. The SMILES string of the molecule is C=CCN(CC=C)S(=O)(=O)c1ccc(NC(=O)CCCCCCCC(=O)Nc2ccc(S(=O)(=O)N(CC=C)CC=C)cc2)cc1. The summed E-state index contributed by atoms with van der Waals surface area (Å²) in [5.41, 5.74) is 1.03. The molecular weight excluding hydrogens is 613 g/mol. The van der Waals surface area contributed by atoms with E-state index in [9.17, 15) is 26.4 Å². The van der Waals surface area contributed by atoms with Crippen LogP contribution in [0, 0.1) is 0 Å². The molecule has 0 aromatic heterocycles. The van der Waals surface area contributed by atoms with Crippen molar-refractivity contribution in [3.63, 3.8) is 0 Å². The van der Waals surface area contributed by atoms with E-state index < -0.39 is 20.0 Å². The third-order valence-corrected chi connectivity index (χ3v) is 10.4. The molecule has 244 valence electrons. The maximum Gasteiger partial charge on any atom is 0.243 e. The molecule has 0 saturated carbocycles. The summed E-state index contributed by atoms with van der Waals surface area (Å²) in [7, 11) is -7.41. The second-order valence-electron chi connectivity index (χ2n) is 10.2. The molecule has 0 saturated heterocycles. The molecule has 2 aromatic carbocycles. The first-order valence-corrected chi connectivity index (χ1v) is 17.6. The molecular formula is C33H44N4O6S2. The Balaban J connectivity index is 1.68. The monoisotopic (exact) mass is 656 g/mol. The molecule has 0 aliphatic heterocycles. The fourth-order valence-corrected chi connectivity index (χ4v) is 7.15. The number of carbonyl (C=O) groups is 2. The Kier molecular flexibility index (Phi) is 15.6. The molecule has 0 bridgehead atoms. The van der Waals surface area contributed by atoms with E-state index in [0.29, 0.717) is 37.1 Å². The van der Waals surface area contributed by atoms with Crippen molar-refractivity contribution in [1.82, 2.24) is 8.61 Å². The first-order valence-electron chi connectivity index (χ1n) is 14.7. The maximum absolute atomic E-state index is 12.8. The van der Waals surface area contributed by atoms with Crippen molar-refractivity contribution < 1.29 is 26.4 Å². The third kappa shape index (κ3) is 11.9. The lowest BCUT2D eigenvalue weighted by Crippen LogP contribution is -2.31. The van der Waals surface area contributed by atoms with E-state index in [-0.39, 0.29) is 47.8 Å². The van der Waals surface area contributed by atoms with Crippen LogP contribution in [0.15, 0.2) is 109 Å². The zero-order valence-electron chi connectivity index (χ0n) is 25.7. The van der Waals surface area contributed by atoms with E-state index in [1.807, 2.05) is 0 Å². The van der Waals surface area contributed by atoms with E-state index in [1.165, 1.54) is 57.2 Å². The molecule has 0 spiro atoms. The Bertz CT molecular complexity index is 1380. The lowest BCUT2D eigenvalue weighted by molar-refractivity contribution is -0.117. The normalized spacial score (nSPS) is 11.6. The van der Waals surface area contributed by atoms with E-state index in [2.05, 4.69) is 36.9 Å². The Hall–Kier alpha value is -3.84. The van der Waals surface area contributed by atoms with Crippen molar-refractivity contribution in [2.75, 3.05) is 36.8 Å². The highest BCUT2D eigenvalue weighted by atomic mass is 32.2. The number of anilines is 2. The van der Waals surface area contributed by atoms with Crippen LogP contribution in [0.25, 0.3) is 0 Å². The highest BCUT2D eigenvalue weighted by Crippen LogP contribution is 2.20. The average molecular weight is 657 g/mol. The van der Waals surface area contributed by atoms with Gasteiger partial charge in [0.1, 0.15) is 0 Å². The van der Waals surface area contributed by atoms with Gasteiger partial charge in [-0.2, -0.15) is 8.61 Å². The van der Waals surface area contributed by atoms with E-state index >= 15 is 0 Å². The van der Waals surface area contributed by atoms with E-state index in [1.54, 1.807) is 24.3 Å². The summed E-state index contributed by atoms with van der Waals surface area (Å²) in [6.45, 7) is 15.1. The van der Waals surface area contributed by atoms with Gasteiger partial charge in [0.2, 0.25) is 31.9 Å². The summed E-state index contributed by atoms with van der Waals surface area (Å²) in [5, 5.41) is 5.58. The fraction of sp³-hybridized carbons (Fsp3) is 0.333. The van der Waals surface area contributed by atoms with Crippen molar-refractivity contribution in [2.24, 2.45) is 0 Å². The zero-order chi connectivity index (χ0) is 33.3. The van der Waals surface area contributed by atoms with Gasteiger partial charge in [0.25, 0.3) is 0 Å². The number of benzene rings is 2. The number of rotatable bonds is 22. The lowest BCUT2D eigenvalue weighted by atomic mass is 10.1. The van der Waals surface area contributed by atoms with Gasteiger partial charge in [0.05, 0.1) is 9.79 Å². The van der Waals surface area contributed by atoms with Gasteiger partial charge >= 0.3 is 0 Å². The topological polar surface area (TPSA) is 133 Å². The van der Waals surface area contributed by atoms with Gasteiger partial charge in [0, 0.05) is 50.4 Å². The van der Waals surface area contributed by atoms with Crippen LogP contribution in [0.1, 0.15) is 44.9 Å². The quantitative estimate of drug-likeness (QED) is 0.123. The van der Waals surface area contributed by atoms with Gasteiger partial charge in [-0.25, -0.2) is 16.8 Å². The Morgan fingerprint density at radius 1 is 0.533 bits per heavy atom. The van der Waals surface area contributed by atoms with Crippen molar-refractivity contribution in [3.05, 3.63) is 99.2 Å². The minimum Gasteiger partial charge on any atom is -0.326 e. The number of amides is 2. The molecule has 0 atom stereocenters. The molecule has 10 nitrogen and oxygen atoms in total. The molecule has 0 aliphatic rings. The summed E-state index contributed by atoms with van der Waals surface area (Å²) in [6.07, 6.45) is 10.6. The summed E-state index contributed by atoms with van der Waals surface area (Å²) in [4.78, 5) is 24.9. The van der Waals surface area contributed by atoms with Crippen LogP contribution in [-0.2, 0) is 29.6 Å². The fourth-order valence-electron chi connectivity index (χ4n) is 4.38. The highest BCUT2D eigenvalue weighted by Gasteiger charge is 2.23. The van der Waals surface area contributed by atoms with Crippen LogP contribution in [0.3, 0.4) is 0 Å². The number of hydrogen-bond acceptors (Lipinski definition) is 6. The molecule has 2 amide bonds. The molecule has 2 N–H and O–H groups in total. The average Bonchev–Trinajstić information content (AvgIpc) is 3.01. The second kappa shape index (κ2) is 18.8. The van der Waals surface area contributed by atoms with Crippen molar-refractivity contribution in [3.8, 4) is 0 Å². The Morgan fingerprint density at radius 2 is 0.822 bits per heavy atom. The molecule has 0 unspecified atom stereocenters. The number of hydrogen-bond donors (Lipinski definition) is 2. The first kappa shape index (κ1) is 37.3. The number of nitrogens with one attached hydrogen (secondary N) is 2. The van der Waals surface area contributed by atoms with Crippen LogP contribution in [0.4, 0.5) is 11.4 Å². The van der Waals surface area contributed by atoms with Gasteiger partial charge < -0.3 is 10.6 Å². The minimum absolute atomic E-state index is 0.122. The van der Waals surface area contributed by atoms with Crippen molar-refractivity contribution in [2.45, 2.75) is 54.7 Å². The van der Waals surface area contributed by atoms with Gasteiger partial charge in [-0.05, 0) is 61.4 Å². The third-order valence-electron chi connectivity index (χ3n) is 6.69. The molecule has 0 heterocycles. The molecule has 0 radical (unpaired) electrons. The van der Waals surface area contributed by atoms with Gasteiger partial charge in [0.15, 0.2) is 0 Å². The predicted octanol–water partition coefficient (Wildman–Crippen LogP) is 5.72. The number of carbonyl (C=O) groups excluding carboxylic acids is 2. The molecule has 0 aliphatic carbocycles. The predicted molar refractivity (Wildman–Crippen MR) is 181 cm³/mol. The Morgan fingerprint density at radius 3 is 1.11 bits per heavy atom. The summed E-state index contributed by atoms with van der Waals surface area (Å²) in [6, 6.07) is 12.1. The summed E-state index contributed by atoms with van der Waals surface area (Å²) >= 11 is 0. The van der Waals surface area contributed by atoms with Gasteiger partial charge in [-0.3, -0.25) is 9.59 Å². The van der Waals surface area contributed by atoms with Crippen LogP contribution in [-0.4, -0.2) is 63.4 Å². The van der Waals surface area contributed by atoms with Crippen molar-refractivity contribution in [1.29, 1.82) is 0 Å². The van der Waals surface area contributed by atoms with Crippen LogP contribution < -0.4 is 10.6 Å². The van der Waals surface area contributed by atoms with Gasteiger partial charge in [-0.1, -0.05) is 43.6 Å². The number of nitrogens with zero attached hydrogens (tertiary/aromatic N) is 2. The molecule has 12 heteroatoms. The molecule has 2 rings (SSSR count). The highest BCUT2D eigenvalue weighted by molar-refractivity contribution is 7.89. The number of sulfonamides is 2. The first-order chi connectivity index (χ1) is 21.5. The van der Waals surface area contributed by atoms with Crippen LogP contribution >= 0.6 is 0 Å². The standard InChI is InChI=1S/C33H44N4O6S2/c1-5-24-36(25-6-2)44(40,41)30-20-16-28(17-21-30)34-32(38)14-12-10-9-11-13-15-33(39)35-29-18-22-31(23-19-29)45(42,43)37(26-7-3)27-8-4/h5-8,16-23H,1-4,9-15,24-27H2,(H,34,38)(H,35,39). The molecule has 0 fully saturated rings. The van der Waals surface area contributed by atoms with E-state index in [4.69, 9.17) is 0 Å². The second-order valence-corrected chi connectivity index (χ2v) is 14.1. The summed E-state index contributed by atoms with van der Waals surface area (Å²) in [5.74, 6) is -0.310. The van der Waals surface area contributed by atoms with E-state index in [0.717, 1.165) is 19.3 Å². The smallest absolute Gasteiger partial charge is 0.243 e. The van der Waals surface area contributed by atoms with Crippen LogP contribution in [0.2, 0.25) is 0 Å². The minimum atomic E-state index is -3.70. The zero-order valence-corrected chi connectivity index (χ0v) is 27.3. The summed E-state index contributed by atoms with van der Waals surface area (Å²) < 4.78 is 53.7. The number of unbranched alkanes of at least 4 members (excludes halogenated alkanes) is 4. The van der Waals surface area contributed by atoms with Crippen molar-refractivity contribution >= 4 is 43.2 Å². The lowest BCUT2D eigenvalue weighted by Gasteiger charge is -2.19. The Labute approximate surface area is 268 Å². The van der Waals surface area contributed by atoms with Crippen LogP contribution in [0.5, 0.6) is 0 Å². The molecule has 45 heavy (non-hydrogen) atoms. The van der Waals surface area contributed by atoms with Gasteiger partial charge in [-0.15, -0.1) is 26.3 Å². The molecule has 2 aromatic rings.